The van der Waals surface area contributed by atoms with E-state index in [9.17, 15) is 4.79 Å². The van der Waals surface area contributed by atoms with Gasteiger partial charge in [-0.15, -0.1) is 0 Å². The third-order valence-electron chi connectivity index (χ3n) is 3.84. The Kier molecular flexibility index (Phi) is 4.59. The van der Waals surface area contributed by atoms with E-state index >= 15 is 0 Å². The Hall–Kier alpha value is -0.650. The molecule has 0 aliphatic carbocycles. The van der Waals surface area contributed by atoms with Gasteiger partial charge in [-0.25, -0.2) is 0 Å². The van der Waals surface area contributed by atoms with Crippen LogP contribution in [-0.4, -0.2) is 66.7 Å². The highest BCUT2D eigenvalue weighted by atomic mass is 16.5. The monoisotopic (exact) mass is 255 g/mol. The Balaban J connectivity index is 1.90. The fraction of sp³-hybridized carbons (Fsp3) is 0.923. The molecule has 0 radical (unpaired) electrons. The van der Waals surface area contributed by atoms with E-state index in [1.807, 2.05) is 4.90 Å². The number of likely N-dealkylation sites (tertiary alicyclic amines) is 1. The van der Waals surface area contributed by atoms with Gasteiger partial charge in [0, 0.05) is 32.2 Å². The number of hydrogen-bond acceptors (Lipinski definition) is 4. The van der Waals surface area contributed by atoms with Gasteiger partial charge in [-0.3, -0.25) is 9.69 Å². The molecule has 0 spiro atoms. The van der Waals surface area contributed by atoms with Crippen LogP contribution in [0.1, 0.15) is 26.7 Å². The minimum atomic E-state index is 0.0897. The van der Waals surface area contributed by atoms with E-state index < -0.39 is 0 Å². The van der Waals surface area contributed by atoms with Crippen molar-refractivity contribution in [3.05, 3.63) is 0 Å². The van der Waals surface area contributed by atoms with Crippen molar-refractivity contribution >= 4 is 5.91 Å². The molecule has 2 aliphatic rings. The second kappa shape index (κ2) is 5.99. The number of ether oxygens (including phenoxy) is 1. The maximum absolute atomic E-state index is 11.8. The molecule has 18 heavy (non-hydrogen) atoms. The largest absolute Gasteiger partial charge is 0.373 e. The van der Waals surface area contributed by atoms with Crippen LogP contribution in [0.25, 0.3) is 0 Å². The summed E-state index contributed by atoms with van der Waals surface area (Å²) in [5.41, 5.74) is 5.47. The molecule has 0 aromatic carbocycles. The van der Waals surface area contributed by atoms with Gasteiger partial charge in [-0.05, 0) is 26.7 Å². The van der Waals surface area contributed by atoms with Crippen LogP contribution >= 0.6 is 0 Å². The minimum absolute atomic E-state index is 0.0897. The molecular formula is C13H25N3O2. The molecule has 3 atom stereocenters. The first kappa shape index (κ1) is 13.8. The van der Waals surface area contributed by atoms with Crippen LogP contribution < -0.4 is 5.73 Å². The summed E-state index contributed by atoms with van der Waals surface area (Å²) in [6.45, 7) is 8.11. The summed E-state index contributed by atoms with van der Waals surface area (Å²) in [6, 6.07) is 0.346. The van der Waals surface area contributed by atoms with E-state index in [-0.39, 0.29) is 24.7 Å². The van der Waals surface area contributed by atoms with Crippen LogP contribution in [0.4, 0.5) is 0 Å². The highest BCUT2D eigenvalue weighted by Gasteiger charge is 2.31. The topological polar surface area (TPSA) is 58.8 Å². The summed E-state index contributed by atoms with van der Waals surface area (Å²) in [4.78, 5) is 16.1. The van der Waals surface area contributed by atoms with Crippen LogP contribution in [0.5, 0.6) is 0 Å². The Morgan fingerprint density at radius 2 is 2.00 bits per heavy atom. The second-order valence-electron chi connectivity index (χ2n) is 5.56. The van der Waals surface area contributed by atoms with Crippen molar-refractivity contribution in [3.63, 3.8) is 0 Å². The lowest BCUT2D eigenvalue weighted by Gasteiger charge is -2.38. The number of rotatable bonds is 3. The maximum Gasteiger partial charge on any atom is 0.236 e. The smallest absolute Gasteiger partial charge is 0.236 e. The molecule has 2 saturated heterocycles. The van der Waals surface area contributed by atoms with Crippen LogP contribution in [0.3, 0.4) is 0 Å². The average molecular weight is 255 g/mol. The Morgan fingerprint density at radius 1 is 1.33 bits per heavy atom. The molecule has 5 heteroatoms. The van der Waals surface area contributed by atoms with Crippen LogP contribution in [0, 0.1) is 0 Å². The Labute approximate surface area is 109 Å². The van der Waals surface area contributed by atoms with Gasteiger partial charge in [0.25, 0.3) is 0 Å². The van der Waals surface area contributed by atoms with E-state index in [2.05, 4.69) is 18.7 Å². The molecule has 0 unspecified atom stereocenters. The number of nitrogens with two attached hydrogens (primary N) is 1. The zero-order chi connectivity index (χ0) is 13.1. The van der Waals surface area contributed by atoms with Crippen molar-refractivity contribution < 1.29 is 9.53 Å². The fourth-order valence-corrected chi connectivity index (χ4v) is 3.20. The van der Waals surface area contributed by atoms with Gasteiger partial charge in [0.05, 0.1) is 18.8 Å². The predicted octanol–water partition coefficient (Wildman–Crippen LogP) is 0.0453. The summed E-state index contributed by atoms with van der Waals surface area (Å²) in [6.07, 6.45) is 2.78. The number of carbonyl (C=O) groups excluding carboxylic acids is 1. The van der Waals surface area contributed by atoms with Gasteiger partial charge in [0.15, 0.2) is 0 Å². The predicted molar refractivity (Wildman–Crippen MR) is 70.2 cm³/mol. The number of amides is 1. The fourth-order valence-electron chi connectivity index (χ4n) is 3.20. The zero-order valence-corrected chi connectivity index (χ0v) is 11.5. The lowest BCUT2D eigenvalue weighted by molar-refractivity contribution is -0.131. The molecule has 0 aromatic rings. The van der Waals surface area contributed by atoms with Crippen LogP contribution in [-0.2, 0) is 9.53 Å². The molecule has 2 rings (SSSR count). The molecule has 0 saturated carbocycles. The van der Waals surface area contributed by atoms with E-state index in [4.69, 9.17) is 10.5 Å². The van der Waals surface area contributed by atoms with E-state index in [0.717, 1.165) is 39.0 Å². The number of carbonyl (C=O) groups is 1. The third-order valence-corrected chi connectivity index (χ3v) is 3.84. The first-order valence-corrected chi connectivity index (χ1v) is 6.97. The zero-order valence-electron chi connectivity index (χ0n) is 11.5. The normalized spacial score (nSPS) is 33.9. The van der Waals surface area contributed by atoms with Gasteiger partial charge >= 0.3 is 0 Å². The molecule has 104 valence electrons. The van der Waals surface area contributed by atoms with Gasteiger partial charge in [-0.2, -0.15) is 0 Å². The summed E-state index contributed by atoms with van der Waals surface area (Å²) in [5.74, 6) is 0.0897. The third kappa shape index (κ3) is 3.22. The Bertz CT molecular complexity index is 288. The van der Waals surface area contributed by atoms with Crippen LogP contribution in [0.2, 0.25) is 0 Å². The average Bonchev–Trinajstić information content (AvgIpc) is 2.74. The van der Waals surface area contributed by atoms with Gasteiger partial charge < -0.3 is 15.4 Å². The minimum Gasteiger partial charge on any atom is -0.373 e. The number of hydrogen-bond donors (Lipinski definition) is 1. The first-order valence-electron chi connectivity index (χ1n) is 6.97. The van der Waals surface area contributed by atoms with Gasteiger partial charge in [0.1, 0.15) is 0 Å². The molecule has 1 amide bonds. The quantitative estimate of drug-likeness (QED) is 0.774. The van der Waals surface area contributed by atoms with Crippen molar-refractivity contribution in [2.24, 2.45) is 5.73 Å². The molecular weight excluding hydrogens is 230 g/mol. The highest BCUT2D eigenvalue weighted by molar-refractivity contribution is 5.78. The summed E-state index contributed by atoms with van der Waals surface area (Å²) >= 11 is 0. The molecule has 5 nitrogen and oxygen atoms in total. The van der Waals surface area contributed by atoms with Crippen molar-refractivity contribution in [1.82, 2.24) is 9.80 Å². The first-order chi connectivity index (χ1) is 8.60. The molecule has 2 heterocycles. The SMILES string of the molecule is C[C@@H]1CN(C[C@@H]2CCCN2C(=O)CN)C[C@@H](C)O1. The van der Waals surface area contributed by atoms with E-state index in [1.165, 1.54) is 0 Å². The van der Waals surface area contributed by atoms with Gasteiger partial charge in [-0.1, -0.05) is 0 Å². The second-order valence-corrected chi connectivity index (χ2v) is 5.56. The number of nitrogens with zero attached hydrogens (tertiary/aromatic N) is 2. The molecule has 0 aromatic heterocycles. The maximum atomic E-state index is 11.8. The lowest BCUT2D eigenvalue weighted by Crippen LogP contribution is -2.51. The standard InChI is InChI=1S/C13H25N3O2/c1-10-7-15(8-11(2)18-10)9-12-4-3-5-16(12)13(17)6-14/h10-12H,3-9,14H2,1-2H3/t10-,11-,12+/m1/s1. The van der Waals surface area contributed by atoms with Crippen molar-refractivity contribution in [1.29, 1.82) is 0 Å². The lowest BCUT2D eigenvalue weighted by atomic mass is 10.1. The summed E-state index contributed by atoms with van der Waals surface area (Å²) in [7, 11) is 0. The van der Waals surface area contributed by atoms with Crippen molar-refractivity contribution in [3.8, 4) is 0 Å². The molecule has 2 fully saturated rings. The number of morpholine rings is 1. The van der Waals surface area contributed by atoms with E-state index in [0.29, 0.717) is 6.04 Å². The Morgan fingerprint density at radius 3 is 2.61 bits per heavy atom. The van der Waals surface area contributed by atoms with Crippen molar-refractivity contribution in [2.45, 2.75) is 44.9 Å². The van der Waals surface area contributed by atoms with E-state index in [1.54, 1.807) is 0 Å². The van der Waals surface area contributed by atoms with Gasteiger partial charge in [0.2, 0.25) is 5.91 Å². The molecule has 0 bridgehead atoms. The molecule has 2 aliphatic heterocycles. The summed E-state index contributed by atoms with van der Waals surface area (Å²) < 4.78 is 5.73. The van der Waals surface area contributed by atoms with Crippen LogP contribution in [0.15, 0.2) is 0 Å². The molecule has 2 N–H and O–H groups in total. The highest BCUT2D eigenvalue weighted by Crippen LogP contribution is 2.20. The summed E-state index contributed by atoms with van der Waals surface area (Å²) in [5, 5.41) is 0. The van der Waals surface area contributed by atoms with Crippen molar-refractivity contribution in [2.75, 3.05) is 32.7 Å².